The molecule has 0 atom stereocenters. The van der Waals surface area contributed by atoms with Gasteiger partial charge in [-0.3, -0.25) is 4.68 Å². The lowest BCUT2D eigenvalue weighted by Gasteiger charge is -1.95. The number of alkyl halides is 2. The molecule has 2 aromatic rings. The van der Waals surface area contributed by atoms with Gasteiger partial charge in [0, 0.05) is 18.6 Å². The van der Waals surface area contributed by atoms with Crippen LogP contribution in [-0.4, -0.2) is 14.8 Å². The topological polar surface area (TPSA) is 30.7 Å². The average molecular weight is 183 g/mol. The number of aryl methyl sites for hydroxylation is 1. The summed E-state index contributed by atoms with van der Waals surface area (Å²) < 4.78 is 26.0. The number of nitrogens with zero attached hydrogens (tertiary/aromatic N) is 3. The largest absolute Gasteiger partial charge is 0.280 e. The van der Waals surface area contributed by atoms with E-state index < -0.39 is 6.43 Å². The monoisotopic (exact) mass is 183 g/mol. The Balaban J connectivity index is 2.61. The highest BCUT2D eigenvalue weighted by atomic mass is 19.3. The molecule has 0 radical (unpaired) electrons. The Morgan fingerprint density at radius 2 is 2.15 bits per heavy atom. The molecule has 2 heterocycles. The van der Waals surface area contributed by atoms with E-state index in [0.717, 1.165) is 5.39 Å². The average Bonchev–Trinajstić information content (AvgIpc) is 2.42. The van der Waals surface area contributed by atoms with Crippen LogP contribution < -0.4 is 0 Å². The Hall–Kier alpha value is -1.52. The van der Waals surface area contributed by atoms with Crippen molar-refractivity contribution in [3.63, 3.8) is 0 Å². The highest BCUT2D eigenvalue weighted by Crippen LogP contribution is 2.18. The predicted octanol–water partition coefficient (Wildman–Crippen LogP) is 1.91. The molecule has 0 fully saturated rings. The standard InChI is InChI=1S/C8H7F2N3/c1-13-4-5-2-3-6(7(9)10)11-8(5)12-13/h2-4,7H,1H3. The first kappa shape index (κ1) is 8.10. The predicted molar refractivity (Wildman–Crippen MR) is 43.5 cm³/mol. The summed E-state index contributed by atoms with van der Waals surface area (Å²) in [6.07, 6.45) is -0.802. The molecule has 0 unspecified atom stereocenters. The molecule has 68 valence electrons. The minimum absolute atomic E-state index is 0.230. The van der Waals surface area contributed by atoms with E-state index >= 15 is 0 Å². The van der Waals surface area contributed by atoms with E-state index in [-0.39, 0.29) is 5.69 Å². The lowest BCUT2D eigenvalue weighted by molar-refractivity contribution is 0.146. The molecule has 0 aliphatic carbocycles. The molecule has 3 nitrogen and oxygen atoms in total. The molecule has 0 saturated carbocycles. The molecular weight excluding hydrogens is 176 g/mol. The molecule has 0 amide bonds. The first-order chi connectivity index (χ1) is 6.16. The Labute approximate surface area is 73.0 Å². The van der Waals surface area contributed by atoms with Gasteiger partial charge in [0.1, 0.15) is 5.69 Å². The van der Waals surface area contributed by atoms with Crippen molar-refractivity contribution < 1.29 is 8.78 Å². The van der Waals surface area contributed by atoms with Crippen molar-refractivity contribution in [3.05, 3.63) is 24.0 Å². The number of hydrogen-bond donors (Lipinski definition) is 0. The van der Waals surface area contributed by atoms with Gasteiger partial charge in [0.15, 0.2) is 5.65 Å². The third-order valence-electron chi connectivity index (χ3n) is 1.73. The van der Waals surface area contributed by atoms with Crippen molar-refractivity contribution in [2.45, 2.75) is 6.43 Å². The van der Waals surface area contributed by atoms with Gasteiger partial charge in [-0.2, -0.15) is 5.10 Å². The van der Waals surface area contributed by atoms with Gasteiger partial charge in [0.2, 0.25) is 0 Å². The molecule has 0 aromatic carbocycles. The van der Waals surface area contributed by atoms with Crippen molar-refractivity contribution in [3.8, 4) is 0 Å². The number of fused-ring (bicyclic) bond motifs is 1. The van der Waals surface area contributed by atoms with Crippen LogP contribution in [0.25, 0.3) is 11.0 Å². The lowest BCUT2D eigenvalue weighted by Crippen LogP contribution is -1.90. The zero-order valence-corrected chi connectivity index (χ0v) is 6.91. The van der Waals surface area contributed by atoms with E-state index in [1.165, 1.54) is 6.07 Å². The smallest absolute Gasteiger partial charge is 0.273 e. The second kappa shape index (κ2) is 2.76. The minimum atomic E-state index is -2.54. The molecule has 0 N–H and O–H groups in total. The lowest BCUT2D eigenvalue weighted by atomic mass is 10.3. The molecule has 13 heavy (non-hydrogen) atoms. The first-order valence-corrected chi connectivity index (χ1v) is 3.75. The Kier molecular flexibility index (Phi) is 1.72. The van der Waals surface area contributed by atoms with Crippen LogP contribution in [0.3, 0.4) is 0 Å². The van der Waals surface area contributed by atoms with Crippen molar-refractivity contribution in [2.75, 3.05) is 0 Å². The van der Waals surface area contributed by atoms with E-state index in [9.17, 15) is 8.78 Å². The molecule has 0 bridgehead atoms. The Morgan fingerprint density at radius 3 is 2.85 bits per heavy atom. The van der Waals surface area contributed by atoms with Crippen molar-refractivity contribution >= 4 is 11.0 Å². The van der Waals surface area contributed by atoms with Crippen molar-refractivity contribution in [2.24, 2.45) is 7.05 Å². The summed E-state index contributed by atoms with van der Waals surface area (Å²) >= 11 is 0. The zero-order valence-electron chi connectivity index (χ0n) is 6.91. The second-order valence-electron chi connectivity index (χ2n) is 2.75. The summed E-state index contributed by atoms with van der Waals surface area (Å²) in [7, 11) is 1.73. The van der Waals surface area contributed by atoms with Gasteiger partial charge in [0.05, 0.1) is 0 Å². The fourth-order valence-electron chi connectivity index (χ4n) is 1.16. The van der Waals surface area contributed by atoms with Gasteiger partial charge in [0.25, 0.3) is 6.43 Å². The van der Waals surface area contributed by atoms with Crippen LogP contribution in [0, 0.1) is 0 Å². The normalized spacial score (nSPS) is 11.4. The number of pyridine rings is 1. The maximum absolute atomic E-state index is 12.2. The third-order valence-corrected chi connectivity index (χ3v) is 1.73. The number of halogens is 2. The van der Waals surface area contributed by atoms with Crippen LogP contribution >= 0.6 is 0 Å². The van der Waals surface area contributed by atoms with E-state index in [2.05, 4.69) is 10.1 Å². The van der Waals surface area contributed by atoms with Crippen LogP contribution in [0.1, 0.15) is 12.1 Å². The van der Waals surface area contributed by atoms with Crippen molar-refractivity contribution in [1.82, 2.24) is 14.8 Å². The van der Waals surface area contributed by atoms with Gasteiger partial charge < -0.3 is 0 Å². The molecule has 2 rings (SSSR count). The SMILES string of the molecule is Cn1cc2ccc(C(F)F)nc2n1. The highest BCUT2D eigenvalue weighted by molar-refractivity contribution is 5.73. The maximum Gasteiger partial charge on any atom is 0.280 e. The van der Waals surface area contributed by atoms with Crippen LogP contribution in [0.5, 0.6) is 0 Å². The maximum atomic E-state index is 12.2. The van der Waals surface area contributed by atoms with Crippen LogP contribution in [0.4, 0.5) is 8.78 Å². The first-order valence-electron chi connectivity index (χ1n) is 3.75. The second-order valence-corrected chi connectivity index (χ2v) is 2.75. The molecule has 5 heteroatoms. The molecule has 2 aromatic heterocycles. The zero-order chi connectivity index (χ0) is 9.42. The Morgan fingerprint density at radius 1 is 1.38 bits per heavy atom. The third kappa shape index (κ3) is 1.37. The fourth-order valence-corrected chi connectivity index (χ4v) is 1.16. The fraction of sp³-hybridized carbons (Fsp3) is 0.250. The van der Waals surface area contributed by atoms with Gasteiger partial charge in [-0.15, -0.1) is 0 Å². The number of aromatic nitrogens is 3. The van der Waals surface area contributed by atoms with Gasteiger partial charge in [-0.1, -0.05) is 0 Å². The number of hydrogen-bond acceptors (Lipinski definition) is 2. The molecule has 0 spiro atoms. The quantitative estimate of drug-likeness (QED) is 0.676. The van der Waals surface area contributed by atoms with Gasteiger partial charge >= 0.3 is 0 Å². The molecule has 0 aliphatic heterocycles. The summed E-state index contributed by atoms with van der Waals surface area (Å²) in [5, 5.41) is 4.70. The summed E-state index contributed by atoms with van der Waals surface area (Å²) in [5.74, 6) is 0. The highest BCUT2D eigenvalue weighted by Gasteiger charge is 2.10. The van der Waals surface area contributed by atoms with Crippen LogP contribution in [0.15, 0.2) is 18.3 Å². The molecule has 0 saturated heterocycles. The Bertz CT molecular complexity index is 436. The van der Waals surface area contributed by atoms with Crippen molar-refractivity contribution in [1.29, 1.82) is 0 Å². The summed E-state index contributed by atoms with van der Waals surface area (Å²) in [6.45, 7) is 0. The van der Waals surface area contributed by atoms with Crippen LogP contribution in [-0.2, 0) is 7.05 Å². The van der Waals surface area contributed by atoms with E-state index in [0.29, 0.717) is 5.65 Å². The minimum Gasteiger partial charge on any atom is -0.273 e. The molecular formula is C8H7F2N3. The van der Waals surface area contributed by atoms with E-state index in [1.54, 1.807) is 24.0 Å². The van der Waals surface area contributed by atoms with Gasteiger partial charge in [-0.25, -0.2) is 13.8 Å². The summed E-state index contributed by atoms with van der Waals surface area (Å²) in [4.78, 5) is 3.71. The summed E-state index contributed by atoms with van der Waals surface area (Å²) in [6, 6.07) is 2.91. The number of rotatable bonds is 1. The van der Waals surface area contributed by atoms with E-state index in [4.69, 9.17) is 0 Å². The molecule has 0 aliphatic rings. The van der Waals surface area contributed by atoms with E-state index in [1.807, 2.05) is 0 Å². The van der Waals surface area contributed by atoms with Crippen LogP contribution in [0.2, 0.25) is 0 Å². The van der Waals surface area contributed by atoms with Gasteiger partial charge in [-0.05, 0) is 12.1 Å². The summed E-state index contributed by atoms with van der Waals surface area (Å²) in [5.41, 5.74) is 0.131.